The van der Waals surface area contributed by atoms with E-state index in [1.165, 1.54) is 4.90 Å². The Balaban J connectivity index is 2.18. The lowest BCUT2D eigenvalue weighted by Crippen LogP contribution is -2.46. The fraction of sp³-hybridized carbons (Fsp3) is 0.500. The highest BCUT2D eigenvalue weighted by molar-refractivity contribution is 6.21. The normalized spacial score (nSPS) is 17.2. The van der Waals surface area contributed by atoms with E-state index >= 15 is 0 Å². The number of rotatable bonds is 6. The second-order valence-corrected chi connectivity index (χ2v) is 5.32. The third-order valence-corrected chi connectivity index (χ3v) is 4.05. The predicted molar refractivity (Wildman–Crippen MR) is 78.7 cm³/mol. The van der Waals surface area contributed by atoms with Crippen molar-refractivity contribution in [3.05, 3.63) is 35.4 Å². The number of hydrogen-bond donors (Lipinski definition) is 1. The first-order valence-corrected chi connectivity index (χ1v) is 7.28. The molecule has 0 saturated heterocycles. The fourth-order valence-corrected chi connectivity index (χ4v) is 2.59. The average molecular weight is 274 g/mol. The predicted octanol–water partition coefficient (Wildman–Crippen LogP) is 2.31. The molecule has 1 aromatic carbocycles. The largest absolute Gasteiger partial charge is 0.312 e. The Bertz CT molecular complexity index is 478. The van der Waals surface area contributed by atoms with Gasteiger partial charge in [-0.1, -0.05) is 39.3 Å². The highest BCUT2D eigenvalue weighted by Crippen LogP contribution is 2.23. The van der Waals surface area contributed by atoms with Crippen molar-refractivity contribution >= 4 is 11.8 Å². The van der Waals surface area contributed by atoms with E-state index < -0.39 is 0 Å². The van der Waals surface area contributed by atoms with E-state index in [9.17, 15) is 9.59 Å². The van der Waals surface area contributed by atoms with Crippen LogP contribution >= 0.6 is 0 Å². The van der Waals surface area contributed by atoms with Crippen LogP contribution in [0.4, 0.5) is 0 Å². The zero-order chi connectivity index (χ0) is 14.7. The lowest BCUT2D eigenvalue weighted by Gasteiger charge is -2.27. The molecule has 0 radical (unpaired) electrons. The molecule has 1 N–H and O–H groups in total. The number of likely N-dealkylation sites (N-methyl/N-ethyl adjacent to an activating group) is 1. The molecular weight excluding hydrogens is 252 g/mol. The van der Waals surface area contributed by atoms with Crippen molar-refractivity contribution in [2.24, 2.45) is 5.92 Å². The van der Waals surface area contributed by atoms with E-state index in [2.05, 4.69) is 19.2 Å². The number of hydrogen-bond acceptors (Lipinski definition) is 3. The Morgan fingerprint density at radius 1 is 1.10 bits per heavy atom. The molecule has 2 unspecified atom stereocenters. The maximum atomic E-state index is 12.3. The highest BCUT2D eigenvalue weighted by atomic mass is 16.2. The van der Waals surface area contributed by atoms with Gasteiger partial charge in [-0.25, -0.2) is 0 Å². The zero-order valence-corrected chi connectivity index (χ0v) is 12.3. The second kappa shape index (κ2) is 6.18. The Morgan fingerprint density at radius 3 is 2.10 bits per heavy atom. The van der Waals surface area contributed by atoms with Gasteiger partial charge < -0.3 is 5.32 Å². The number of nitrogens with one attached hydrogen (secondary N) is 1. The minimum Gasteiger partial charge on any atom is -0.312 e. The summed E-state index contributed by atoms with van der Waals surface area (Å²) in [5, 5.41) is 3.38. The van der Waals surface area contributed by atoms with Crippen LogP contribution < -0.4 is 5.32 Å². The van der Waals surface area contributed by atoms with Crippen molar-refractivity contribution in [3.8, 4) is 0 Å². The van der Waals surface area contributed by atoms with E-state index in [-0.39, 0.29) is 17.9 Å². The number of fused-ring (bicyclic) bond motifs is 1. The van der Waals surface area contributed by atoms with E-state index in [0.29, 0.717) is 23.6 Å². The summed E-state index contributed by atoms with van der Waals surface area (Å²) in [4.78, 5) is 26.0. The molecule has 1 heterocycles. The van der Waals surface area contributed by atoms with Crippen LogP contribution in [0.2, 0.25) is 0 Å². The van der Waals surface area contributed by atoms with Crippen LogP contribution in [0.25, 0.3) is 0 Å². The summed E-state index contributed by atoms with van der Waals surface area (Å²) in [6.07, 6.45) is 1.01. The number of carbonyl (C=O) groups is 2. The van der Waals surface area contributed by atoms with E-state index in [1.807, 2.05) is 6.92 Å². The maximum absolute atomic E-state index is 12.3. The summed E-state index contributed by atoms with van der Waals surface area (Å²) in [6.45, 7) is 7.58. The van der Waals surface area contributed by atoms with Crippen molar-refractivity contribution in [1.29, 1.82) is 0 Å². The zero-order valence-electron chi connectivity index (χ0n) is 12.3. The van der Waals surface area contributed by atoms with Gasteiger partial charge in [-0.05, 0) is 24.6 Å². The molecule has 0 bridgehead atoms. The summed E-state index contributed by atoms with van der Waals surface area (Å²) in [6, 6.07) is 7.18. The monoisotopic (exact) mass is 274 g/mol. The van der Waals surface area contributed by atoms with Gasteiger partial charge in [0.05, 0.1) is 11.1 Å². The standard InChI is InChI=1S/C16H22N2O2/c1-4-11(3)14(17-5-2)10-18-15(19)12-8-6-7-9-13(12)16(18)20/h6-9,11,14,17H,4-5,10H2,1-3H3. The van der Waals surface area contributed by atoms with Crippen LogP contribution in [0.5, 0.6) is 0 Å². The fourth-order valence-electron chi connectivity index (χ4n) is 2.59. The van der Waals surface area contributed by atoms with Crippen molar-refractivity contribution in [1.82, 2.24) is 10.2 Å². The van der Waals surface area contributed by atoms with Gasteiger partial charge >= 0.3 is 0 Å². The summed E-state index contributed by atoms with van der Waals surface area (Å²) in [5.74, 6) is 0.0767. The van der Waals surface area contributed by atoms with E-state index in [0.717, 1.165) is 13.0 Å². The summed E-state index contributed by atoms with van der Waals surface area (Å²) in [5.41, 5.74) is 1.05. The molecule has 4 heteroatoms. The van der Waals surface area contributed by atoms with Gasteiger partial charge in [-0.3, -0.25) is 14.5 Å². The van der Waals surface area contributed by atoms with Crippen molar-refractivity contribution in [3.63, 3.8) is 0 Å². The topological polar surface area (TPSA) is 49.4 Å². The third-order valence-electron chi connectivity index (χ3n) is 4.05. The van der Waals surface area contributed by atoms with Crippen LogP contribution in [0.15, 0.2) is 24.3 Å². The van der Waals surface area contributed by atoms with Crippen molar-refractivity contribution in [2.75, 3.05) is 13.1 Å². The Labute approximate surface area is 120 Å². The average Bonchev–Trinajstić information content (AvgIpc) is 2.71. The molecule has 1 aliphatic rings. The molecule has 2 rings (SSSR count). The summed E-state index contributed by atoms with van der Waals surface area (Å²) < 4.78 is 0. The molecular formula is C16H22N2O2. The maximum Gasteiger partial charge on any atom is 0.261 e. The molecule has 0 aromatic heterocycles. The summed E-state index contributed by atoms with van der Waals surface area (Å²) in [7, 11) is 0. The van der Waals surface area contributed by atoms with E-state index in [1.54, 1.807) is 24.3 Å². The first-order chi connectivity index (χ1) is 9.60. The molecule has 4 nitrogen and oxygen atoms in total. The first kappa shape index (κ1) is 14.7. The van der Waals surface area contributed by atoms with Crippen LogP contribution in [0.1, 0.15) is 47.9 Å². The van der Waals surface area contributed by atoms with Crippen LogP contribution in [-0.2, 0) is 0 Å². The van der Waals surface area contributed by atoms with Gasteiger partial charge in [0.2, 0.25) is 0 Å². The number of imide groups is 1. The lowest BCUT2D eigenvalue weighted by molar-refractivity contribution is 0.0626. The molecule has 2 atom stereocenters. The first-order valence-electron chi connectivity index (χ1n) is 7.28. The Hall–Kier alpha value is -1.68. The molecule has 0 aliphatic carbocycles. The number of nitrogens with zero attached hydrogens (tertiary/aromatic N) is 1. The van der Waals surface area contributed by atoms with Crippen LogP contribution in [0.3, 0.4) is 0 Å². The number of carbonyl (C=O) groups excluding carboxylic acids is 2. The minimum atomic E-state index is -0.170. The number of benzene rings is 1. The van der Waals surface area contributed by atoms with Gasteiger partial charge in [0.1, 0.15) is 0 Å². The second-order valence-electron chi connectivity index (χ2n) is 5.32. The highest BCUT2D eigenvalue weighted by Gasteiger charge is 2.36. The van der Waals surface area contributed by atoms with Gasteiger partial charge in [0.15, 0.2) is 0 Å². The van der Waals surface area contributed by atoms with E-state index in [4.69, 9.17) is 0 Å². The van der Waals surface area contributed by atoms with Crippen molar-refractivity contribution in [2.45, 2.75) is 33.2 Å². The van der Waals surface area contributed by atoms with Gasteiger partial charge in [0.25, 0.3) is 11.8 Å². The minimum absolute atomic E-state index is 0.146. The molecule has 0 fully saturated rings. The SMILES string of the molecule is CCNC(CN1C(=O)c2ccccc2C1=O)C(C)CC. The van der Waals surface area contributed by atoms with Gasteiger partial charge in [0, 0.05) is 12.6 Å². The smallest absolute Gasteiger partial charge is 0.261 e. The molecule has 0 spiro atoms. The van der Waals surface area contributed by atoms with Gasteiger partial charge in [-0.15, -0.1) is 0 Å². The summed E-state index contributed by atoms with van der Waals surface area (Å²) >= 11 is 0. The number of amides is 2. The Kier molecular flexibility index (Phi) is 4.55. The van der Waals surface area contributed by atoms with Crippen LogP contribution in [0, 0.1) is 5.92 Å². The molecule has 0 saturated carbocycles. The molecule has 2 amide bonds. The Morgan fingerprint density at radius 2 is 1.65 bits per heavy atom. The molecule has 108 valence electrons. The van der Waals surface area contributed by atoms with Gasteiger partial charge in [-0.2, -0.15) is 0 Å². The third kappa shape index (κ3) is 2.61. The van der Waals surface area contributed by atoms with Crippen LogP contribution in [-0.4, -0.2) is 35.8 Å². The molecule has 20 heavy (non-hydrogen) atoms. The lowest BCUT2D eigenvalue weighted by atomic mass is 9.98. The molecule has 1 aliphatic heterocycles. The molecule has 1 aromatic rings. The van der Waals surface area contributed by atoms with Crippen molar-refractivity contribution < 1.29 is 9.59 Å². The quantitative estimate of drug-likeness (QED) is 0.810.